The van der Waals surface area contributed by atoms with Crippen LogP contribution in [-0.2, 0) is 14.4 Å². The maximum Gasteiger partial charge on any atom is 0.329 e. The highest BCUT2D eigenvalue weighted by Crippen LogP contribution is 2.15. The van der Waals surface area contributed by atoms with Crippen molar-refractivity contribution in [2.24, 2.45) is 5.10 Å². The van der Waals surface area contributed by atoms with Crippen LogP contribution in [0.1, 0.15) is 30.5 Å². The van der Waals surface area contributed by atoms with Crippen molar-refractivity contribution in [3.8, 4) is 5.75 Å². The monoisotopic (exact) mass is 410 g/mol. The molecule has 0 fully saturated rings. The van der Waals surface area contributed by atoms with E-state index in [1.165, 1.54) is 6.21 Å². The number of nitrogens with one attached hydrogen (secondary N) is 3. The van der Waals surface area contributed by atoms with Crippen LogP contribution in [0, 0.1) is 13.8 Å². The van der Waals surface area contributed by atoms with Crippen LogP contribution in [0.5, 0.6) is 5.75 Å². The fourth-order valence-corrected chi connectivity index (χ4v) is 2.36. The number of amides is 3. The van der Waals surface area contributed by atoms with E-state index in [4.69, 9.17) is 4.74 Å². The fraction of sp³-hybridized carbons (Fsp3) is 0.273. The van der Waals surface area contributed by atoms with Gasteiger partial charge in [0.05, 0.1) is 6.21 Å². The summed E-state index contributed by atoms with van der Waals surface area (Å²) in [5.41, 5.74) is 5.83. The number of hydrazone groups is 1. The summed E-state index contributed by atoms with van der Waals surface area (Å²) in [6.45, 7) is 7.38. The minimum atomic E-state index is -0.838. The number of carbonyl (C=O) groups excluding carboxylic acids is 3. The van der Waals surface area contributed by atoms with Gasteiger partial charge in [0.2, 0.25) is 0 Å². The number of benzene rings is 2. The Balaban J connectivity index is 1.79. The molecule has 2 aromatic carbocycles. The van der Waals surface area contributed by atoms with Crippen LogP contribution in [0.25, 0.3) is 0 Å². The highest BCUT2D eigenvalue weighted by molar-refractivity contribution is 6.35. The van der Waals surface area contributed by atoms with Crippen molar-refractivity contribution in [1.29, 1.82) is 0 Å². The summed E-state index contributed by atoms with van der Waals surface area (Å²) in [5.74, 6) is -1.33. The van der Waals surface area contributed by atoms with Gasteiger partial charge in [0, 0.05) is 11.7 Å². The van der Waals surface area contributed by atoms with Crippen LogP contribution in [0.2, 0.25) is 0 Å². The van der Waals surface area contributed by atoms with Crippen molar-refractivity contribution in [1.82, 2.24) is 10.7 Å². The Kier molecular flexibility index (Phi) is 8.10. The van der Waals surface area contributed by atoms with Crippen molar-refractivity contribution in [3.63, 3.8) is 0 Å². The minimum Gasteiger partial charge on any atom is -0.484 e. The predicted octanol–water partition coefficient (Wildman–Crippen LogP) is 2.30. The third-order valence-electron chi connectivity index (χ3n) is 4.05. The highest BCUT2D eigenvalue weighted by Gasteiger charge is 2.12. The maximum absolute atomic E-state index is 12.0. The van der Waals surface area contributed by atoms with Gasteiger partial charge < -0.3 is 15.4 Å². The second-order valence-corrected chi connectivity index (χ2v) is 7.03. The van der Waals surface area contributed by atoms with E-state index in [1.807, 2.05) is 32.0 Å². The number of hydrogen-bond donors (Lipinski definition) is 3. The van der Waals surface area contributed by atoms with Gasteiger partial charge in [-0.25, -0.2) is 5.43 Å². The van der Waals surface area contributed by atoms with Crippen LogP contribution in [-0.4, -0.2) is 36.6 Å². The number of hydrogen-bond acceptors (Lipinski definition) is 5. The molecule has 2 rings (SSSR count). The average Bonchev–Trinajstić information content (AvgIpc) is 2.69. The second kappa shape index (κ2) is 10.8. The molecule has 8 heteroatoms. The summed E-state index contributed by atoms with van der Waals surface area (Å²) in [6.07, 6.45) is 1.40. The molecule has 0 unspecified atom stereocenters. The number of rotatable bonds is 7. The second-order valence-electron chi connectivity index (χ2n) is 7.03. The lowest BCUT2D eigenvalue weighted by Gasteiger charge is -2.09. The average molecular weight is 410 g/mol. The third kappa shape index (κ3) is 7.38. The molecule has 2 aromatic rings. The molecule has 3 amide bonds. The molecule has 0 aromatic heterocycles. The van der Waals surface area contributed by atoms with Gasteiger partial charge in [0.25, 0.3) is 5.91 Å². The Labute approximate surface area is 175 Å². The van der Waals surface area contributed by atoms with Gasteiger partial charge in [-0.3, -0.25) is 14.4 Å². The van der Waals surface area contributed by atoms with Crippen LogP contribution in [0.15, 0.2) is 47.6 Å². The van der Waals surface area contributed by atoms with Gasteiger partial charge in [-0.2, -0.15) is 5.10 Å². The Morgan fingerprint density at radius 3 is 2.33 bits per heavy atom. The summed E-state index contributed by atoms with van der Waals surface area (Å²) >= 11 is 0. The lowest BCUT2D eigenvalue weighted by atomic mass is 10.1. The van der Waals surface area contributed by atoms with Crippen molar-refractivity contribution < 1.29 is 19.1 Å². The molecule has 0 saturated carbocycles. The number of ether oxygens (including phenoxy) is 1. The van der Waals surface area contributed by atoms with Gasteiger partial charge in [0.1, 0.15) is 5.75 Å². The summed E-state index contributed by atoms with van der Waals surface area (Å²) in [4.78, 5) is 35.1. The normalized spacial score (nSPS) is 10.7. The summed E-state index contributed by atoms with van der Waals surface area (Å²) in [5, 5.41) is 9.00. The lowest BCUT2D eigenvalue weighted by molar-refractivity contribution is -0.139. The molecule has 0 spiro atoms. The molecule has 8 nitrogen and oxygen atoms in total. The SMILES string of the molecule is Cc1ccc(NC(=O)COc2ccc(/C=N\NC(=O)C(=O)NC(C)C)cc2)cc1C. The van der Waals surface area contributed by atoms with E-state index in [0.717, 1.165) is 16.8 Å². The van der Waals surface area contributed by atoms with Crippen LogP contribution >= 0.6 is 0 Å². The molecule has 158 valence electrons. The molecular formula is C22H26N4O4. The standard InChI is InChI=1S/C22H26N4O4/c1-14(2)24-21(28)22(29)26-23-12-17-6-9-19(10-7-17)30-13-20(27)25-18-8-5-15(3)16(4)11-18/h5-12,14H,13H2,1-4H3,(H,24,28)(H,25,27)(H,26,29)/b23-12-. The molecule has 0 radical (unpaired) electrons. The Hall–Kier alpha value is -3.68. The molecule has 3 N–H and O–H groups in total. The minimum absolute atomic E-state index is 0.124. The first kappa shape index (κ1) is 22.6. The van der Waals surface area contributed by atoms with Crippen LogP contribution < -0.4 is 20.8 Å². The van der Waals surface area contributed by atoms with Gasteiger partial charge in [0.15, 0.2) is 6.61 Å². The quantitative estimate of drug-likeness (QED) is 0.370. The molecule has 0 aliphatic heterocycles. The zero-order valence-corrected chi connectivity index (χ0v) is 17.5. The van der Waals surface area contributed by atoms with Gasteiger partial charge in [-0.15, -0.1) is 0 Å². The van der Waals surface area contributed by atoms with E-state index in [1.54, 1.807) is 38.1 Å². The van der Waals surface area contributed by atoms with Crippen LogP contribution in [0.4, 0.5) is 5.69 Å². The molecule has 0 aliphatic rings. The van der Waals surface area contributed by atoms with Gasteiger partial charge >= 0.3 is 11.8 Å². The van der Waals surface area contributed by atoms with E-state index in [2.05, 4.69) is 21.2 Å². The third-order valence-corrected chi connectivity index (χ3v) is 4.05. The van der Waals surface area contributed by atoms with Crippen molar-refractivity contribution in [2.45, 2.75) is 33.7 Å². The van der Waals surface area contributed by atoms with Crippen molar-refractivity contribution in [2.75, 3.05) is 11.9 Å². The van der Waals surface area contributed by atoms with E-state index in [9.17, 15) is 14.4 Å². The number of aryl methyl sites for hydroxylation is 2. The Bertz CT molecular complexity index is 937. The molecule has 0 saturated heterocycles. The molecule has 0 atom stereocenters. The summed E-state index contributed by atoms with van der Waals surface area (Å²) in [6, 6.07) is 12.3. The lowest BCUT2D eigenvalue weighted by Crippen LogP contribution is -2.41. The highest BCUT2D eigenvalue weighted by atomic mass is 16.5. The first-order valence-electron chi connectivity index (χ1n) is 9.48. The zero-order valence-electron chi connectivity index (χ0n) is 17.5. The van der Waals surface area contributed by atoms with Crippen molar-refractivity contribution in [3.05, 3.63) is 59.2 Å². The van der Waals surface area contributed by atoms with Gasteiger partial charge in [-0.05, 0) is 80.8 Å². The molecule has 0 heterocycles. The predicted molar refractivity (Wildman–Crippen MR) is 115 cm³/mol. The number of carbonyl (C=O) groups is 3. The summed E-state index contributed by atoms with van der Waals surface area (Å²) in [7, 11) is 0. The Morgan fingerprint density at radius 1 is 1.00 bits per heavy atom. The molecule has 0 bridgehead atoms. The Morgan fingerprint density at radius 2 is 1.70 bits per heavy atom. The van der Waals surface area contributed by atoms with E-state index < -0.39 is 11.8 Å². The van der Waals surface area contributed by atoms with Gasteiger partial charge in [-0.1, -0.05) is 6.07 Å². The topological polar surface area (TPSA) is 109 Å². The van der Waals surface area contributed by atoms with E-state index >= 15 is 0 Å². The van der Waals surface area contributed by atoms with Crippen LogP contribution in [0.3, 0.4) is 0 Å². The first-order valence-corrected chi connectivity index (χ1v) is 9.48. The molecule has 30 heavy (non-hydrogen) atoms. The molecular weight excluding hydrogens is 384 g/mol. The van der Waals surface area contributed by atoms with E-state index in [0.29, 0.717) is 11.3 Å². The largest absolute Gasteiger partial charge is 0.484 e. The molecule has 0 aliphatic carbocycles. The fourth-order valence-electron chi connectivity index (χ4n) is 2.36. The maximum atomic E-state index is 12.0. The number of anilines is 1. The number of nitrogens with zero attached hydrogens (tertiary/aromatic N) is 1. The smallest absolute Gasteiger partial charge is 0.329 e. The first-order chi connectivity index (χ1) is 14.2. The van der Waals surface area contributed by atoms with E-state index in [-0.39, 0.29) is 18.6 Å². The summed E-state index contributed by atoms with van der Waals surface area (Å²) < 4.78 is 5.48. The van der Waals surface area contributed by atoms with Crippen molar-refractivity contribution >= 4 is 29.6 Å². The zero-order chi connectivity index (χ0) is 22.1.